The van der Waals surface area contributed by atoms with E-state index in [1.807, 2.05) is 52.0 Å². The van der Waals surface area contributed by atoms with Gasteiger partial charge in [0.25, 0.3) is 0 Å². The predicted octanol–water partition coefficient (Wildman–Crippen LogP) is 3.65. The molecule has 0 saturated carbocycles. The molecule has 7 nitrogen and oxygen atoms in total. The molecule has 28 heavy (non-hydrogen) atoms. The number of aromatic nitrogens is 2. The Kier molecular flexibility index (Phi) is 5.45. The molecule has 0 bridgehead atoms. The van der Waals surface area contributed by atoms with Crippen LogP contribution in [0.25, 0.3) is 5.69 Å². The van der Waals surface area contributed by atoms with Gasteiger partial charge in [-0.25, -0.2) is 14.3 Å². The van der Waals surface area contributed by atoms with Crippen LogP contribution in [0.4, 0.5) is 4.79 Å². The number of amides is 1. The highest BCUT2D eigenvalue weighted by Gasteiger charge is 2.33. The lowest BCUT2D eigenvalue weighted by molar-refractivity contribution is 0.0219. The average molecular weight is 385 g/mol. The van der Waals surface area contributed by atoms with Crippen molar-refractivity contribution in [3.8, 4) is 5.69 Å². The predicted molar refractivity (Wildman–Crippen MR) is 105 cm³/mol. The number of benzene rings is 1. The fourth-order valence-corrected chi connectivity index (χ4v) is 3.24. The minimum Gasteiger partial charge on any atom is -0.461 e. The molecule has 0 aliphatic carbocycles. The van der Waals surface area contributed by atoms with Crippen molar-refractivity contribution >= 4 is 12.1 Å². The first-order valence-electron chi connectivity index (χ1n) is 9.52. The standard InChI is InChI=1S/C21H27N3O4/c1-6-27-19(25)18-16-13-23(20(26)28-21(3,4)5)11-10-17(16)24(22-18)15-9-7-8-14(2)12-15/h7-9,12H,6,10-11,13H2,1-5H3. The highest BCUT2D eigenvalue weighted by Crippen LogP contribution is 2.27. The van der Waals surface area contributed by atoms with Gasteiger partial charge in [0.2, 0.25) is 0 Å². The van der Waals surface area contributed by atoms with Crippen LogP contribution in [0.3, 0.4) is 0 Å². The first-order chi connectivity index (χ1) is 13.2. The van der Waals surface area contributed by atoms with Crippen LogP contribution in [0.15, 0.2) is 24.3 Å². The van der Waals surface area contributed by atoms with Gasteiger partial charge in [0.05, 0.1) is 24.5 Å². The molecule has 0 unspecified atom stereocenters. The highest BCUT2D eigenvalue weighted by molar-refractivity contribution is 5.89. The van der Waals surface area contributed by atoms with E-state index in [4.69, 9.17) is 9.47 Å². The lowest BCUT2D eigenvalue weighted by Crippen LogP contribution is -2.40. The normalized spacial score (nSPS) is 13.8. The maximum Gasteiger partial charge on any atom is 0.410 e. The van der Waals surface area contributed by atoms with E-state index in [9.17, 15) is 9.59 Å². The molecule has 2 aromatic rings. The number of ether oxygens (including phenoxy) is 2. The zero-order valence-electron chi connectivity index (χ0n) is 17.1. The summed E-state index contributed by atoms with van der Waals surface area (Å²) in [6, 6.07) is 7.94. The summed E-state index contributed by atoms with van der Waals surface area (Å²) in [6.45, 7) is 10.3. The average Bonchev–Trinajstić information content (AvgIpc) is 2.99. The Morgan fingerprint density at radius 3 is 2.64 bits per heavy atom. The van der Waals surface area contributed by atoms with E-state index < -0.39 is 17.7 Å². The molecule has 1 amide bonds. The number of carbonyl (C=O) groups excluding carboxylic acids is 2. The molecule has 0 atom stereocenters. The van der Waals surface area contributed by atoms with Crippen molar-refractivity contribution in [1.29, 1.82) is 0 Å². The van der Waals surface area contributed by atoms with Gasteiger partial charge in [0, 0.05) is 18.5 Å². The fraction of sp³-hybridized carbons (Fsp3) is 0.476. The zero-order chi connectivity index (χ0) is 20.5. The van der Waals surface area contributed by atoms with E-state index in [0.29, 0.717) is 13.0 Å². The second-order valence-electron chi connectivity index (χ2n) is 7.90. The molecule has 7 heteroatoms. The summed E-state index contributed by atoms with van der Waals surface area (Å²) in [4.78, 5) is 26.6. The van der Waals surface area contributed by atoms with Crippen molar-refractivity contribution in [3.63, 3.8) is 0 Å². The molecule has 0 spiro atoms. The van der Waals surface area contributed by atoms with Crippen LogP contribution >= 0.6 is 0 Å². The highest BCUT2D eigenvalue weighted by atomic mass is 16.6. The molecule has 0 fully saturated rings. The Morgan fingerprint density at radius 2 is 2.00 bits per heavy atom. The van der Waals surface area contributed by atoms with Gasteiger partial charge in [-0.2, -0.15) is 5.10 Å². The van der Waals surface area contributed by atoms with Crippen molar-refractivity contribution in [3.05, 3.63) is 46.8 Å². The van der Waals surface area contributed by atoms with E-state index in [1.54, 1.807) is 16.5 Å². The van der Waals surface area contributed by atoms with Crippen molar-refractivity contribution in [2.75, 3.05) is 13.2 Å². The third kappa shape index (κ3) is 4.18. The number of nitrogens with zero attached hydrogens (tertiary/aromatic N) is 3. The second kappa shape index (κ2) is 7.66. The molecule has 0 radical (unpaired) electrons. The van der Waals surface area contributed by atoms with Gasteiger partial charge >= 0.3 is 12.1 Å². The molecular formula is C21H27N3O4. The SMILES string of the molecule is CCOC(=O)c1nn(-c2cccc(C)c2)c2c1CN(C(=O)OC(C)(C)C)CC2. The number of aryl methyl sites for hydroxylation is 1. The molecule has 150 valence electrons. The molecule has 2 heterocycles. The van der Waals surface area contributed by atoms with Crippen LogP contribution in [-0.2, 0) is 22.4 Å². The van der Waals surface area contributed by atoms with E-state index in [0.717, 1.165) is 22.5 Å². The quantitative estimate of drug-likeness (QED) is 0.754. The first-order valence-corrected chi connectivity index (χ1v) is 9.52. The summed E-state index contributed by atoms with van der Waals surface area (Å²) in [5.41, 5.74) is 3.31. The summed E-state index contributed by atoms with van der Waals surface area (Å²) >= 11 is 0. The smallest absolute Gasteiger partial charge is 0.410 e. The van der Waals surface area contributed by atoms with Crippen molar-refractivity contribution in [2.45, 2.75) is 53.2 Å². The van der Waals surface area contributed by atoms with Gasteiger partial charge in [-0.3, -0.25) is 0 Å². The Balaban J connectivity index is 1.99. The summed E-state index contributed by atoms with van der Waals surface area (Å²) in [6.07, 6.45) is 0.186. The number of carbonyl (C=O) groups is 2. The molecule has 1 aromatic heterocycles. The number of fused-ring (bicyclic) bond motifs is 1. The lowest BCUT2D eigenvalue weighted by Gasteiger charge is -2.30. The number of rotatable bonds is 3. The van der Waals surface area contributed by atoms with E-state index in [1.165, 1.54) is 0 Å². The van der Waals surface area contributed by atoms with Gasteiger partial charge in [0.15, 0.2) is 5.69 Å². The van der Waals surface area contributed by atoms with Crippen molar-refractivity contribution in [1.82, 2.24) is 14.7 Å². The summed E-state index contributed by atoms with van der Waals surface area (Å²) < 4.78 is 12.5. The van der Waals surface area contributed by atoms with Crippen molar-refractivity contribution < 1.29 is 19.1 Å². The minimum absolute atomic E-state index is 0.256. The number of hydrogen-bond acceptors (Lipinski definition) is 5. The molecule has 1 aromatic carbocycles. The summed E-state index contributed by atoms with van der Waals surface area (Å²) in [7, 11) is 0. The summed E-state index contributed by atoms with van der Waals surface area (Å²) in [5, 5.41) is 4.55. The van der Waals surface area contributed by atoms with E-state index in [2.05, 4.69) is 5.10 Å². The van der Waals surface area contributed by atoms with E-state index in [-0.39, 0.29) is 18.8 Å². The third-order valence-electron chi connectivity index (χ3n) is 4.42. The zero-order valence-corrected chi connectivity index (χ0v) is 17.1. The molecule has 0 N–H and O–H groups in total. The molecule has 1 aliphatic rings. The Morgan fingerprint density at radius 1 is 1.25 bits per heavy atom. The Labute approximate surface area is 165 Å². The fourth-order valence-electron chi connectivity index (χ4n) is 3.24. The van der Waals surface area contributed by atoms with Crippen LogP contribution in [-0.4, -0.2) is 45.5 Å². The molecular weight excluding hydrogens is 358 g/mol. The number of hydrogen-bond donors (Lipinski definition) is 0. The Hall–Kier alpha value is -2.83. The maximum absolute atomic E-state index is 12.5. The van der Waals surface area contributed by atoms with E-state index >= 15 is 0 Å². The minimum atomic E-state index is -0.576. The van der Waals surface area contributed by atoms with Crippen LogP contribution in [0.1, 0.15) is 55.0 Å². The van der Waals surface area contributed by atoms with Gasteiger partial charge in [-0.1, -0.05) is 12.1 Å². The maximum atomic E-state index is 12.5. The van der Waals surface area contributed by atoms with Gasteiger partial charge in [-0.15, -0.1) is 0 Å². The van der Waals surface area contributed by atoms with Crippen LogP contribution < -0.4 is 0 Å². The lowest BCUT2D eigenvalue weighted by atomic mass is 10.0. The monoisotopic (exact) mass is 385 g/mol. The van der Waals surface area contributed by atoms with Gasteiger partial charge < -0.3 is 14.4 Å². The second-order valence-corrected chi connectivity index (χ2v) is 7.90. The number of esters is 1. The molecule has 3 rings (SSSR count). The molecule has 1 aliphatic heterocycles. The van der Waals surface area contributed by atoms with Gasteiger partial charge in [0.1, 0.15) is 5.60 Å². The molecule has 0 saturated heterocycles. The van der Waals surface area contributed by atoms with Gasteiger partial charge in [-0.05, 0) is 52.3 Å². The first kappa shape index (κ1) is 19.9. The largest absolute Gasteiger partial charge is 0.461 e. The van der Waals surface area contributed by atoms with Crippen LogP contribution in [0.2, 0.25) is 0 Å². The summed E-state index contributed by atoms with van der Waals surface area (Å²) in [5.74, 6) is -0.476. The third-order valence-corrected chi connectivity index (χ3v) is 4.42. The van der Waals surface area contributed by atoms with Crippen molar-refractivity contribution in [2.24, 2.45) is 0 Å². The van der Waals surface area contributed by atoms with Crippen LogP contribution in [0.5, 0.6) is 0 Å². The van der Waals surface area contributed by atoms with Crippen LogP contribution in [0, 0.1) is 6.92 Å². The topological polar surface area (TPSA) is 73.7 Å². The Bertz CT molecular complexity index is 896.